The Morgan fingerprint density at radius 2 is 2.11 bits per heavy atom. The van der Waals surface area contributed by atoms with E-state index in [1.165, 1.54) is 6.42 Å². The maximum absolute atomic E-state index is 11.8. The summed E-state index contributed by atoms with van der Waals surface area (Å²) >= 11 is 0. The quantitative estimate of drug-likeness (QED) is 0.742. The molecule has 1 amide bonds. The van der Waals surface area contributed by atoms with Gasteiger partial charge in [-0.3, -0.25) is 9.59 Å². The maximum atomic E-state index is 11.8. The summed E-state index contributed by atoms with van der Waals surface area (Å²) in [5.74, 6) is -0.838. The number of carbonyl (C=O) groups excluding carboxylic acids is 1. The molecule has 5 nitrogen and oxygen atoms in total. The molecule has 0 saturated carbocycles. The predicted octanol–water partition coefficient (Wildman–Crippen LogP) is 1.95. The van der Waals surface area contributed by atoms with Crippen LogP contribution in [0.5, 0.6) is 0 Å². The first-order chi connectivity index (χ1) is 8.99. The number of rotatable bonds is 7. The Balaban J connectivity index is 2.29. The van der Waals surface area contributed by atoms with Gasteiger partial charge in [-0.2, -0.15) is 0 Å². The van der Waals surface area contributed by atoms with Crippen molar-refractivity contribution in [3.63, 3.8) is 0 Å². The topological polar surface area (TPSA) is 75.6 Å². The maximum Gasteiger partial charge on any atom is 0.305 e. The van der Waals surface area contributed by atoms with Crippen molar-refractivity contribution in [3.8, 4) is 0 Å². The summed E-state index contributed by atoms with van der Waals surface area (Å²) in [4.78, 5) is 22.6. The number of nitrogens with one attached hydrogen (secondary N) is 1. The van der Waals surface area contributed by atoms with E-state index in [0.29, 0.717) is 6.42 Å². The van der Waals surface area contributed by atoms with Crippen molar-refractivity contribution < 1.29 is 19.4 Å². The third kappa shape index (κ3) is 6.57. The number of aliphatic carboxylic acids is 1. The van der Waals surface area contributed by atoms with Crippen LogP contribution in [-0.2, 0) is 14.3 Å². The Labute approximate surface area is 114 Å². The van der Waals surface area contributed by atoms with Crippen LogP contribution in [0, 0.1) is 5.92 Å². The highest BCUT2D eigenvalue weighted by molar-refractivity contribution is 5.77. The molecule has 2 atom stereocenters. The van der Waals surface area contributed by atoms with E-state index < -0.39 is 5.97 Å². The SMILES string of the molecule is CC(C)C(CC(=O)O)NC(=O)CCC1CCCCO1. The van der Waals surface area contributed by atoms with E-state index in [4.69, 9.17) is 9.84 Å². The third-order valence-corrected chi connectivity index (χ3v) is 3.51. The number of ether oxygens (including phenoxy) is 1. The van der Waals surface area contributed by atoms with Gasteiger partial charge in [0.15, 0.2) is 0 Å². The van der Waals surface area contributed by atoms with Gasteiger partial charge in [-0.1, -0.05) is 13.8 Å². The smallest absolute Gasteiger partial charge is 0.305 e. The van der Waals surface area contributed by atoms with Crippen molar-refractivity contribution >= 4 is 11.9 Å². The number of amides is 1. The number of carboxylic acid groups (broad SMARTS) is 1. The van der Waals surface area contributed by atoms with Crippen molar-refractivity contribution in [3.05, 3.63) is 0 Å². The van der Waals surface area contributed by atoms with Gasteiger partial charge in [0.25, 0.3) is 0 Å². The van der Waals surface area contributed by atoms with E-state index in [1.807, 2.05) is 13.8 Å². The van der Waals surface area contributed by atoms with E-state index in [2.05, 4.69) is 5.32 Å². The minimum Gasteiger partial charge on any atom is -0.481 e. The molecule has 110 valence electrons. The van der Waals surface area contributed by atoms with Gasteiger partial charge in [-0.25, -0.2) is 0 Å². The second-order valence-electron chi connectivity index (χ2n) is 5.54. The zero-order valence-corrected chi connectivity index (χ0v) is 11.9. The molecule has 0 aromatic heterocycles. The summed E-state index contributed by atoms with van der Waals surface area (Å²) in [5, 5.41) is 11.6. The van der Waals surface area contributed by atoms with Crippen molar-refractivity contribution in [2.24, 2.45) is 5.92 Å². The number of carboxylic acids is 1. The van der Waals surface area contributed by atoms with Crippen LogP contribution in [0.25, 0.3) is 0 Å². The largest absolute Gasteiger partial charge is 0.481 e. The Morgan fingerprint density at radius 1 is 1.37 bits per heavy atom. The van der Waals surface area contributed by atoms with E-state index in [0.717, 1.165) is 25.9 Å². The third-order valence-electron chi connectivity index (χ3n) is 3.51. The highest BCUT2D eigenvalue weighted by Crippen LogP contribution is 2.17. The molecule has 1 aliphatic heterocycles. The van der Waals surface area contributed by atoms with Gasteiger partial charge in [-0.15, -0.1) is 0 Å². The fraction of sp³-hybridized carbons (Fsp3) is 0.857. The Bertz CT molecular complexity index is 298. The van der Waals surface area contributed by atoms with Gasteiger partial charge in [0.1, 0.15) is 0 Å². The van der Waals surface area contributed by atoms with Gasteiger partial charge in [-0.05, 0) is 31.6 Å². The molecule has 19 heavy (non-hydrogen) atoms. The molecule has 1 rings (SSSR count). The highest BCUT2D eigenvalue weighted by atomic mass is 16.5. The van der Waals surface area contributed by atoms with Crippen LogP contribution < -0.4 is 5.32 Å². The van der Waals surface area contributed by atoms with Crippen LogP contribution in [0.3, 0.4) is 0 Å². The van der Waals surface area contributed by atoms with Gasteiger partial charge < -0.3 is 15.2 Å². The molecule has 0 bridgehead atoms. The van der Waals surface area contributed by atoms with Crippen LogP contribution in [0.15, 0.2) is 0 Å². The zero-order chi connectivity index (χ0) is 14.3. The van der Waals surface area contributed by atoms with Crippen LogP contribution in [0.4, 0.5) is 0 Å². The molecule has 0 aromatic carbocycles. The second-order valence-corrected chi connectivity index (χ2v) is 5.54. The first-order valence-electron chi connectivity index (χ1n) is 7.11. The molecule has 0 aromatic rings. The molecule has 0 aliphatic carbocycles. The van der Waals surface area contributed by atoms with E-state index >= 15 is 0 Å². The van der Waals surface area contributed by atoms with E-state index in [9.17, 15) is 9.59 Å². The Hall–Kier alpha value is -1.10. The molecule has 0 radical (unpaired) electrons. The zero-order valence-electron chi connectivity index (χ0n) is 11.9. The minimum absolute atomic E-state index is 0.0245. The summed E-state index contributed by atoms with van der Waals surface area (Å²) in [6.45, 7) is 4.62. The normalized spacial score (nSPS) is 21.1. The van der Waals surface area contributed by atoms with Gasteiger partial charge in [0, 0.05) is 19.1 Å². The monoisotopic (exact) mass is 271 g/mol. The molecular weight excluding hydrogens is 246 g/mol. The summed E-state index contributed by atoms with van der Waals surface area (Å²) in [6, 6.07) is -0.294. The standard InChI is InChI=1S/C14H25NO4/c1-10(2)12(9-14(17)18)15-13(16)7-6-11-5-3-4-8-19-11/h10-12H,3-9H2,1-2H3,(H,15,16)(H,17,18). The average molecular weight is 271 g/mol. The first-order valence-corrected chi connectivity index (χ1v) is 7.11. The lowest BCUT2D eigenvalue weighted by Gasteiger charge is -2.24. The number of carbonyl (C=O) groups is 2. The first kappa shape index (κ1) is 16.0. The molecule has 2 unspecified atom stereocenters. The molecule has 1 saturated heterocycles. The highest BCUT2D eigenvalue weighted by Gasteiger charge is 2.20. The summed E-state index contributed by atoms with van der Waals surface area (Å²) in [5.41, 5.74) is 0. The van der Waals surface area contributed by atoms with Gasteiger partial charge in [0.05, 0.1) is 12.5 Å². The lowest BCUT2D eigenvalue weighted by molar-refractivity contribution is -0.138. The van der Waals surface area contributed by atoms with Crippen LogP contribution in [0.1, 0.15) is 52.4 Å². The van der Waals surface area contributed by atoms with Crippen molar-refractivity contribution in [1.82, 2.24) is 5.32 Å². The van der Waals surface area contributed by atoms with Crippen molar-refractivity contribution in [2.75, 3.05) is 6.61 Å². The molecular formula is C14H25NO4. The lowest BCUT2D eigenvalue weighted by atomic mass is 10.00. The van der Waals surface area contributed by atoms with Crippen molar-refractivity contribution in [1.29, 1.82) is 0 Å². The fourth-order valence-corrected chi connectivity index (χ4v) is 2.25. The van der Waals surface area contributed by atoms with Crippen LogP contribution in [-0.4, -0.2) is 35.7 Å². The average Bonchev–Trinajstić information content (AvgIpc) is 2.36. The number of hydrogen-bond donors (Lipinski definition) is 2. The second kappa shape index (κ2) is 8.15. The summed E-state index contributed by atoms with van der Waals surface area (Å²) in [7, 11) is 0. The predicted molar refractivity (Wildman–Crippen MR) is 71.8 cm³/mol. The Kier molecular flexibility index (Phi) is 6.84. The molecule has 0 spiro atoms. The molecule has 2 N–H and O–H groups in total. The lowest BCUT2D eigenvalue weighted by Crippen LogP contribution is -2.40. The van der Waals surface area contributed by atoms with Gasteiger partial charge in [0.2, 0.25) is 5.91 Å². The Morgan fingerprint density at radius 3 is 2.63 bits per heavy atom. The summed E-state index contributed by atoms with van der Waals surface area (Å²) in [6.07, 6.45) is 4.60. The van der Waals surface area contributed by atoms with Gasteiger partial charge >= 0.3 is 5.97 Å². The minimum atomic E-state index is -0.880. The van der Waals surface area contributed by atoms with Crippen molar-refractivity contribution in [2.45, 2.75) is 64.5 Å². The summed E-state index contributed by atoms with van der Waals surface area (Å²) < 4.78 is 5.57. The van der Waals surface area contributed by atoms with E-state index in [-0.39, 0.29) is 30.4 Å². The molecule has 1 fully saturated rings. The molecule has 1 aliphatic rings. The van der Waals surface area contributed by atoms with Crippen LogP contribution in [0.2, 0.25) is 0 Å². The molecule has 1 heterocycles. The van der Waals surface area contributed by atoms with E-state index in [1.54, 1.807) is 0 Å². The number of hydrogen-bond acceptors (Lipinski definition) is 3. The van der Waals surface area contributed by atoms with Crippen LogP contribution >= 0.6 is 0 Å². The fourth-order valence-electron chi connectivity index (χ4n) is 2.25. The molecule has 5 heteroatoms.